The molecular weight excluding hydrogens is 384 g/mol. The van der Waals surface area contributed by atoms with Gasteiger partial charge in [-0.15, -0.1) is 23.5 Å². The minimum Gasteiger partial charge on any atom is -0.376 e. The normalized spacial score (nSPS) is 27.1. The molecule has 1 aromatic carbocycles. The van der Waals surface area contributed by atoms with E-state index in [4.69, 9.17) is 9.47 Å². The minimum absolute atomic E-state index is 0.494. The van der Waals surface area contributed by atoms with E-state index < -0.39 is 0 Å². The van der Waals surface area contributed by atoms with Crippen molar-refractivity contribution in [3.05, 3.63) is 35.9 Å². The molecule has 0 aromatic heterocycles. The Morgan fingerprint density at radius 3 is 2.71 bits per heavy atom. The summed E-state index contributed by atoms with van der Waals surface area (Å²) < 4.78 is 13.1. The molecule has 0 aliphatic carbocycles. The molecule has 2 saturated heterocycles. The SMILES string of the molecule is C[C@@H](CCCC[C@@H]1O[C@@H](CC2SCCCS2)C[C@@H]1C)COCc1ccccc1. The molecule has 0 N–H and O–H groups in total. The molecule has 2 aliphatic heterocycles. The number of rotatable bonds is 11. The van der Waals surface area contributed by atoms with E-state index in [9.17, 15) is 0 Å². The second-order valence-corrected chi connectivity index (χ2v) is 11.6. The van der Waals surface area contributed by atoms with Crippen LogP contribution in [-0.2, 0) is 16.1 Å². The second kappa shape index (κ2) is 12.5. The van der Waals surface area contributed by atoms with Gasteiger partial charge in [-0.2, -0.15) is 0 Å². The first-order chi connectivity index (χ1) is 13.7. The van der Waals surface area contributed by atoms with Gasteiger partial charge in [-0.3, -0.25) is 0 Å². The highest BCUT2D eigenvalue weighted by atomic mass is 32.2. The van der Waals surface area contributed by atoms with Gasteiger partial charge in [0.05, 0.1) is 23.4 Å². The first-order valence-corrected chi connectivity index (χ1v) is 13.3. The topological polar surface area (TPSA) is 18.5 Å². The van der Waals surface area contributed by atoms with Gasteiger partial charge in [0.15, 0.2) is 0 Å². The standard InChI is InChI=1S/C24H38O2S2/c1-19(17-25-18-21-10-4-3-5-11-21)9-6-7-12-23-20(2)15-22(26-23)16-24-27-13-8-14-28-24/h3-5,10-11,19-20,22-24H,6-9,12-18H2,1-2H3/t19-,20-,22+,23-/m0/s1. The van der Waals surface area contributed by atoms with Gasteiger partial charge < -0.3 is 9.47 Å². The van der Waals surface area contributed by atoms with Gasteiger partial charge in [0.1, 0.15) is 0 Å². The van der Waals surface area contributed by atoms with E-state index in [2.05, 4.69) is 67.7 Å². The second-order valence-electron chi connectivity index (χ2n) is 8.66. The highest BCUT2D eigenvalue weighted by Gasteiger charge is 2.33. The van der Waals surface area contributed by atoms with Gasteiger partial charge in [0.25, 0.3) is 0 Å². The van der Waals surface area contributed by atoms with Crippen LogP contribution in [0.15, 0.2) is 30.3 Å². The van der Waals surface area contributed by atoms with Crippen LogP contribution in [-0.4, -0.2) is 34.9 Å². The molecule has 0 radical (unpaired) electrons. The molecule has 0 saturated carbocycles. The Balaban J connectivity index is 1.23. The summed E-state index contributed by atoms with van der Waals surface area (Å²) >= 11 is 4.31. The minimum atomic E-state index is 0.494. The van der Waals surface area contributed by atoms with E-state index in [0.717, 1.165) is 23.7 Å². The summed E-state index contributed by atoms with van der Waals surface area (Å²) in [6.07, 6.45) is 9.99. The van der Waals surface area contributed by atoms with Crippen molar-refractivity contribution in [1.82, 2.24) is 0 Å². The molecule has 158 valence electrons. The fraction of sp³-hybridized carbons (Fsp3) is 0.750. The predicted molar refractivity (Wildman–Crippen MR) is 124 cm³/mol. The molecule has 3 rings (SSSR count). The van der Waals surface area contributed by atoms with Crippen LogP contribution in [0.5, 0.6) is 0 Å². The van der Waals surface area contributed by atoms with E-state index in [1.807, 2.05) is 0 Å². The predicted octanol–water partition coefficient (Wildman–Crippen LogP) is 6.78. The summed E-state index contributed by atoms with van der Waals surface area (Å²) in [7, 11) is 0. The Morgan fingerprint density at radius 2 is 1.93 bits per heavy atom. The van der Waals surface area contributed by atoms with E-state index >= 15 is 0 Å². The first kappa shape index (κ1) is 22.5. The number of thioether (sulfide) groups is 2. The zero-order valence-electron chi connectivity index (χ0n) is 17.7. The van der Waals surface area contributed by atoms with Gasteiger partial charge in [0.2, 0.25) is 0 Å². The van der Waals surface area contributed by atoms with E-state index in [1.54, 1.807) is 0 Å². The van der Waals surface area contributed by atoms with Crippen molar-refractivity contribution in [2.45, 2.75) is 82.2 Å². The van der Waals surface area contributed by atoms with Gasteiger partial charge in [0, 0.05) is 6.61 Å². The molecule has 1 aromatic rings. The Hall–Kier alpha value is -0.160. The number of unbranched alkanes of at least 4 members (excludes halogenated alkanes) is 1. The molecule has 2 heterocycles. The van der Waals surface area contributed by atoms with Crippen LogP contribution in [0.4, 0.5) is 0 Å². The van der Waals surface area contributed by atoms with Crippen LogP contribution >= 0.6 is 23.5 Å². The van der Waals surface area contributed by atoms with Crippen LogP contribution in [0.3, 0.4) is 0 Å². The Morgan fingerprint density at radius 1 is 1.14 bits per heavy atom. The highest BCUT2D eigenvalue weighted by molar-refractivity contribution is 8.17. The van der Waals surface area contributed by atoms with Crippen molar-refractivity contribution >= 4 is 23.5 Å². The molecule has 0 bridgehead atoms. The average molecular weight is 423 g/mol. The quantitative estimate of drug-likeness (QED) is 0.366. The molecule has 4 heteroatoms. The number of hydrogen-bond donors (Lipinski definition) is 0. The van der Waals surface area contributed by atoms with Crippen molar-refractivity contribution in [2.75, 3.05) is 18.1 Å². The van der Waals surface area contributed by atoms with E-state index in [0.29, 0.717) is 18.1 Å². The van der Waals surface area contributed by atoms with Crippen molar-refractivity contribution in [2.24, 2.45) is 11.8 Å². The fourth-order valence-electron chi connectivity index (χ4n) is 4.27. The third-order valence-corrected chi connectivity index (χ3v) is 8.93. The largest absolute Gasteiger partial charge is 0.376 e. The summed E-state index contributed by atoms with van der Waals surface area (Å²) in [5.41, 5.74) is 1.27. The monoisotopic (exact) mass is 422 g/mol. The molecular formula is C24H38O2S2. The zero-order valence-corrected chi connectivity index (χ0v) is 19.3. The van der Waals surface area contributed by atoms with Crippen molar-refractivity contribution in [3.63, 3.8) is 0 Å². The molecule has 0 unspecified atom stereocenters. The van der Waals surface area contributed by atoms with Crippen molar-refractivity contribution in [1.29, 1.82) is 0 Å². The highest BCUT2D eigenvalue weighted by Crippen LogP contribution is 2.39. The van der Waals surface area contributed by atoms with Gasteiger partial charge >= 0.3 is 0 Å². The molecule has 2 nitrogen and oxygen atoms in total. The summed E-state index contributed by atoms with van der Waals surface area (Å²) in [6.45, 7) is 6.31. The third kappa shape index (κ3) is 7.93. The summed E-state index contributed by atoms with van der Waals surface area (Å²) in [4.78, 5) is 0. The van der Waals surface area contributed by atoms with Gasteiger partial charge in [-0.25, -0.2) is 0 Å². The number of benzene rings is 1. The lowest BCUT2D eigenvalue weighted by atomic mass is 9.95. The molecule has 2 aliphatic rings. The average Bonchev–Trinajstić information content (AvgIpc) is 3.06. The number of hydrogen-bond acceptors (Lipinski definition) is 4. The Bertz CT molecular complexity index is 533. The molecule has 0 spiro atoms. The maximum atomic E-state index is 6.45. The molecule has 28 heavy (non-hydrogen) atoms. The van der Waals surface area contributed by atoms with Crippen LogP contribution in [0, 0.1) is 11.8 Å². The Labute approximate surface area is 180 Å². The van der Waals surface area contributed by atoms with Crippen LogP contribution in [0.1, 0.15) is 64.4 Å². The molecule has 2 fully saturated rings. The number of ether oxygens (including phenoxy) is 2. The lowest BCUT2D eigenvalue weighted by Crippen LogP contribution is -2.18. The van der Waals surface area contributed by atoms with Crippen molar-refractivity contribution in [3.8, 4) is 0 Å². The van der Waals surface area contributed by atoms with Gasteiger partial charge in [-0.1, -0.05) is 57.0 Å². The van der Waals surface area contributed by atoms with Crippen LogP contribution < -0.4 is 0 Å². The first-order valence-electron chi connectivity index (χ1n) is 11.2. The smallest absolute Gasteiger partial charge is 0.0717 e. The van der Waals surface area contributed by atoms with Crippen LogP contribution in [0.2, 0.25) is 0 Å². The molecule has 0 amide bonds. The maximum absolute atomic E-state index is 6.45. The Kier molecular flexibility index (Phi) is 10.1. The lowest BCUT2D eigenvalue weighted by Gasteiger charge is -2.23. The zero-order chi connectivity index (χ0) is 19.6. The fourth-order valence-corrected chi connectivity index (χ4v) is 7.26. The summed E-state index contributed by atoms with van der Waals surface area (Å²) in [5.74, 6) is 4.06. The lowest BCUT2D eigenvalue weighted by molar-refractivity contribution is 0.0275. The molecule has 4 atom stereocenters. The van der Waals surface area contributed by atoms with E-state index in [1.165, 1.54) is 62.0 Å². The van der Waals surface area contributed by atoms with Gasteiger partial charge in [-0.05, 0) is 61.0 Å². The third-order valence-electron chi connectivity index (χ3n) is 5.94. The van der Waals surface area contributed by atoms with Crippen molar-refractivity contribution < 1.29 is 9.47 Å². The van der Waals surface area contributed by atoms with Crippen LogP contribution in [0.25, 0.3) is 0 Å². The van der Waals surface area contributed by atoms with E-state index in [-0.39, 0.29) is 0 Å². The summed E-state index contributed by atoms with van der Waals surface area (Å²) in [6, 6.07) is 10.5. The maximum Gasteiger partial charge on any atom is 0.0717 e. The summed E-state index contributed by atoms with van der Waals surface area (Å²) in [5, 5.41) is 0.